The molecule has 1 aliphatic heterocycles. The maximum absolute atomic E-state index is 4.31. The van der Waals surface area contributed by atoms with Gasteiger partial charge >= 0.3 is 0 Å². The highest BCUT2D eigenvalue weighted by Crippen LogP contribution is 2.23. The molecule has 18 heavy (non-hydrogen) atoms. The van der Waals surface area contributed by atoms with Crippen LogP contribution in [0.15, 0.2) is 24.5 Å². The summed E-state index contributed by atoms with van der Waals surface area (Å²) >= 11 is 0. The first-order valence-electron chi connectivity index (χ1n) is 7.04. The number of aromatic nitrogens is 1. The standard InChI is InChI=1S/C16H24N2/c1-4-5-6-18-11-14(3)8-16(12-18)15-7-13(2)9-17-10-15/h7-10,14H,4-6,11-12H2,1-3H3/t14-/m1/s1. The van der Waals surface area contributed by atoms with E-state index in [2.05, 4.69) is 42.8 Å². The van der Waals surface area contributed by atoms with Crippen LogP contribution >= 0.6 is 0 Å². The summed E-state index contributed by atoms with van der Waals surface area (Å²) in [4.78, 5) is 6.89. The van der Waals surface area contributed by atoms with Crippen LogP contribution in [-0.2, 0) is 0 Å². The number of aryl methyl sites for hydroxylation is 1. The van der Waals surface area contributed by atoms with Crippen LogP contribution in [-0.4, -0.2) is 29.5 Å². The predicted molar refractivity (Wildman–Crippen MR) is 77.5 cm³/mol. The Morgan fingerprint density at radius 2 is 2.22 bits per heavy atom. The van der Waals surface area contributed by atoms with E-state index in [0.29, 0.717) is 5.92 Å². The van der Waals surface area contributed by atoms with E-state index in [9.17, 15) is 0 Å². The second kappa shape index (κ2) is 6.14. The van der Waals surface area contributed by atoms with Gasteiger partial charge in [-0.15, -0.1) is 0 Å². The summed E-state index contributed by atoms with van der Waals surface area (Å²) in [6.07, 6.45) is 8.90. The molecule has 1 atom stereocenters. The second-order valence-corrected chi connectivity index (χ2v) is 5.51. The molecule has 2 nitrogen and oxygen atoms in total. The number of nitrogens with zero attached hydrogens (tertiary/aromatic N) is 2. The minimum Gasteiger partial charge on any atom is -0.298 e. The lowest BCUT2D eigenvalue weighted by molar-refractivity contribution is 0.268. The van der Waals surface area contributed by atoms with E-state index in [-0.39, 0.29) is 0 Å². The molecular weight excluding hydrogens is 220 g/mol. The minimum atomic E-state index is 0.645. The Balaban J connectivity index is 2.12. The van der Waals surface area contributed by atoms with Crippen LogP contribution in [0.4, 0.5) is 0 Å². The fourth-order valence-electron chi connectivity index (χ4n) is 2.63. The van der Waals surface area contributed by atoms with Crippen molar-refractivity contribution in [3.8, 4) is 0 Å². The van der Waals surface area contributed by atoms with Gasteiger partial charge in [0.1, 0.15) is 0 Å². The molecular formula is C16H24N2. The maximum Gasteiger partial charge on any atom is 0.0343 e. The third-order valence-electron chi connectivity index (χ3n) is 3.50. The first-order valence-corrected chi connectivity index (χ1v) is 7.04. The van der Waals surface area contributed by atoms with Crippen LogP contribution in [0.2, 0.25) is 0 Å². The van der Waals surface area contributed by atoms with Crippen LogP contribution in [0.3, 0.4) is 0 Å². The number of unbranched alkanes of at least 4 members (excludes halogenated alkanes) is 1. The Hall–Kier alpha value is -1.15. The quantitative estimate of drug-likeness (QED) is 0.805. The monoisotopic (exact) mass is 244 g/mol. The lowest BCUT2D eigenvalue weighted by Crippen LogP contribution is -2.34. The Morgan fingerprint density at radius 3 is 2.94 bits per heavy atom. The number of pyridine rings is 1. The summed E-state index contributed by atoms with van der Waals surface area (Å²) in [5.41, 5.74) is 3.98. The molecule has 0 amide bonds. The number of rotatable bonds is 4. The molecule has 0 aromatic carbocycles. The minimum absolute atomic E-state index is 0.645. The zero-order valence-electron chi connectivity index (χ0n) is 11.8. The van der Waals surface area contributed by atoms with Gasteiger partial charge in [0, 0.05) is 25.5 Å². The molecule has 1 aromatic heterocycles. The van der Waals surface area contributed by atoms with Gasteiger partial charge in [-0.3, -0.25) is 9.88 Å². The largest absolute Gasteiger partial charge is 0.298 e. The molecule has 2 heterocycles. The molecule has 1 aromatic rings. The van der Waals surface area contributed by atoms with E-state index in [1.165, 1.54) is 42.6 Å². The van der Waals surface area contributed by atoms with E-state index < -0.39 is 0 Å². The normalized spacial score (nSPS) is 20.8. The summed E-state index contributed by atoms with van der Waals surface area (Å²) in [6.45, 7) is 10.2. The Bertz CT molecular complexity index is 423. The van der Waals surface area contributed by atoms with Gasteiger partial charge in [-0.1, -0.05) is 26.3 Å². The maximum atomic E-state index is 4.31. The molecule has 1 aliphatic rings. The predicted octanol–water partition coefficient (Wildman–Crippen LogP) is 3.53. The third-order valence-corrected chi connectivity index (χ3v) is 3.50. The molecule has 0 N–H and O–H groups in total. The highest BCUT2D eigenvalue weighted by molar-refractivity contribution is 5.67. The first-order chi connectivity index (χ1) is 8.69. The Labute approximate surface area is 111 Å². The summed E-state index contributed by atoms with van der Waals surface area (Å²) in [7, 11) is 0. The van der Waals surface area contributed by atoms with Crippen molar-refractivity contribution in [2.75, 3.05) is 19.6 Å². The molecule has 98 valence electrons. The smallest absolute Gasteiger partial charge is 0.0343 e. The molecule has 0 radical (unpaired) electrons. The van der Waals surface area contributed by atoms with Crippen LogP contribution < -0.4 is 0 Å². The Morgan fingerprint density at radius 1 is 1.39 bits per heavy atom. The van der Waals surface area contributed by atoms with Crippen molar-refractivity contribution >= 4 is 5.57 Å². The molecule has 0 bridgehead atoms. The molecule has 0 unspecified atom stereocenters. The molecule has 0 aliphatic carbocycles. The highest BCUT2D eigenvalue weighted by Gasteiger charge is 2.18. The van der Waals surface area contributed by atoms with Crippen molar-refractivity contribution in [2.24, 2.45) is 5.92 Å². The van der Waals surface area contributed by atoms with Gasteiger partial charge in [0.25, 0.3) is 0 Å². The molecule has 2 rings (SSSR count). The van der Waals surface area contributed by atoms with Crippen molar-refractivity contribution in [2.45, 2.75) is 33.6 Å². The lowest BCUT2D eigenvalue weighted by Gasteiger charge is -2.30. The Kier molecular flexibility index (Phi) is 4.54. The van der Waals surface area contributed by atoms with E-state index in [0.717, 1.165) is 6.54 Å². The fraction of sp³-hybridized carbons (Fsp3) is 0.562. The van der Waals surface area contributed by atoms with Crippen LogP contribution in [0.25, 0.3) is 5.57 Å². The van der Waals surface area contributed by atoms with Crippen molar-refractivity contribution in [1.29, 1.82) is 0 Å². The fourth-order valence-corrected chi connectivity index (χ4v) is 2.63. The average molecular weight is 244 g/mol. The summed E-state index contributed by atoms with van der Waals surface area (Å²) in [5, 5.41) is 0. The highest BCUT2D eigenvalue weighted by atomic mass is 15.1. The molecule has 0 saturated heterocycles. The van der Waals surface area contributed by atoms with Crippen LogP contribution in [0.5, 0.6) is 0 Å². The third kappa shape index (κ3) is 3.42. The van der Waals surface area contributed by atoms with Gasteiger partial charge in [0.2, 0.25) is 0 Å². The van der Waals surface area contributed by atoms with Gasteiger partial charge in [-0.25, -0.2) is 0 Å². The van der Waals surface area contributed by atoms with Crippen LogP contribution in [0, 0.1) is 12.8 Å². The van der Waals surface area contributed by atoms with Gasteiger partial charge in [0.15, 0.2) is 0 Å². The number of hydrogen-bond donors (Lipinski definition) is 0. The van der Waals surface area contributed by atoms with Crippen molar-refractivity contribution in [3.63, 3.8) is 0 Å². The zero-order valence-corrected chi connectivity index (χ0v) is 11.8. The second-order valence-electron chi connectivity index (χ2n) is 5.51. The molecule has 0 saturated carbocycles. The van der Waals surface area contributed by atoms with Gasteiger partial charge < -0.3 is 0 Å². The van der Waals surface area contributed by atoms with Crippen molar-refractivity contribution in [3.05, 3.63) is 35.7 Å². The van der Waals surface area contributed by atoms with E-state index in [1.807, 2.05) is 12.4 Å². The molecule has 0 spiro atoms. The van der Waals surface area contributed by atoms with Gasteiger partial charge in [-0.05, 0) is 48.6 Å². The lowest BCUT2D eigenvalue weighted by atomic mass is 9.96. The summed E-state index contributed by atoms with van der Waals surface area (Å²) in [6, 6.07) is 2.24. The van der Waals surface area contributed by atoms with Gasteiger partial charge in [0.05, 0.1) is 0 Å². The van der Waals surface area contributed by atoms with Crippen molar-refractivity contribution < 1.29 is 0 Å². The zero-order chi connectivity index (χ0) is 13.0. The first kappa shape index (κ1) is 13.3. The van der Waals surface area contributed by atoms with Crippen molar-refractivity contribution in [1.82, 2.24) is 9.88 Å². The SMILES string of the molecule is CCCCN1CC(c2cncc(C)c2)=C[C@@H](C)C1. The molecule has 0 fully saturated rings. The topological polar surface area (TPSA) is 16.1 Å². The summed E-state index contributed by atoms with van der Waals surface area (Å²) < 4.78 is 0. The average Bonchev–Trinajstić information content (AvgIpc) is 2.36. The van der Waals surface area contributed by atoms with E-state index >= 15 is 0 Å². The summed E-state index contributed by atoms with van der Waals surface area (Å²) in [5.74, 6) is 0.645. The van der Waals surface area contributed by atoms with Gasteiger partial charge in [-0.2, -0.15) is 0 Å². The molecule has 2 heteroatoms. The van der Waals surface area contributed by atoms with E-state index in [4.69, 9.17) is 0 Å². The van der Waals surface area contributed by atoms with E-state index in [1.54, 1.807) is 0 Å². The number of hydrogen-bond acceptors (Lipinski definition) is 2. The van der Waals surface area contributed by atoms with Crippen LogP contribution in [0.1, 0.15) is 37.8 Å².